The summed E-state index contributed by atoms with van der Waals surface area (Å²) in [5, 5.41) is 8.18. The summed E-state index contributed by atoms with van der Waals surface area (Å²) in [7, 11) is 0. The van der Waals surface area contributed by atoms with Crippen molar-refractivity contribution in [2.45, 2.75) is 26.7 Å². The third-order valence-corrected chi connectivity index (χ3v) is 4.20. The summed E-state index contributed by atoms with van der Waals surface area (Å²) in [5.74, 6) is -0.162. The van der Waals surface area contributed by atoms with Gasteiger partial charge < -0.3 is 9.84 Å². The Morgan fingerprint density at radius 1 is 1.25 bits per heavy atom. The lowest BCUT2D eigenvalue weighted by atomic mass is 10.0. The first-order valence-electron chi connectivity index (χ1n) is 7.40. The summed E-state index contributed by atoms with van der Waals surface area (Å²) in [5.41, 5.74) is 2.65. The van der Waals surface area contributed by atoms with E-state index in [0.717, 1.165) is 5.69 Å². The Labute approximate surface area is 148 Å². The molecule has 5 nitrogen and oxygen atoms in total. The van der Waals surface area contributed by atoms with Crippen molar-refractivity contribution in [2.24, 2.45) is 0 Å². The van der Waals surface area contributed by atoms with Crippen LogP contribution < -0.4 is 5.32 Å². The molecule has 2 aromatic heterocycles. The van der Waals surface area contributed by atoms with E-state index in [1.54, 1.807) is 31.2 Å². The predicted octanol–water partition coefficient (Wildman–Crippen LogP) is 5.21. The van der Waals surface area contributed by atoms with Gasteiger partial charge in [0.2, 0.25) is 0 Å². The highest BCUT2D eigenvalue weighted by molar-refractivity contribution is 6.37. The molecular formula is C17H15Cl2N3O2. The molecule has 3 rings (SSSR count). The van der Waals surface area contributed by atoms with Crippen molar-refractivity contribution < 1.29 is 9.32 Å². The fourth-order valence-corrected chi connectivity index (χ4v) is 2.82. The second-order valence-electron chi connectivity index (χ2n) is 5.78. The Kier molecular flexibility index (Phi) is 4.47. The minimum Gasteiger partial charge on any atom is -0.336 e. The summed E-state index contributed by atoms with van der Waals surface area (Å²) in [6, 6.07) is 6.65. The van der Waals surface area contributed by atoms with Gasteiger partial charge in [0.25, 0.3) is 11.6 Å². The molecule has 24 heavy (non-hydrogen) atoms. The van der Waals surface area contributed by atoms with Crippen molar-refractivity contribution in [2.75, 3.05) is 5.32 Å². The first-order valence-corrected chi connectivity index (χ1v) is 8.15. The lowest BCUT2D eigenvalue weighted by molar-refractivity contribution is 0.102. The highest BCUT2D eigenvalue weighted by Gasteiger charge is 2.20. The molecule has 124 valence electrons. The third-order valence-electron chi connectivity index (χ3n) is 3.65. The zero-order valence-corrected chi connectivity index (χ0v) is 14.9. The number of hydrogen-bond acceptors (Lipinski definition) is 4. The van der Waals surface area contributed by atoms with Crippen LogP contribution in [0.4, 0.5) is 5.69 Å². The highest BCUT2D eigenvalue weighted by Crippen LogP contribution is 2.28. The van der Waals surface area contributed by atoms with Gasteiger partial charge in [-0.1, -0.05) is 42.2 Å². The molecule has 0 atom stereocenters. The van der Waals surface area contributed by atoms with Crippen molar-refractivity contribution in [1.29, 1.82) is 0 Å². The normalized spacial score (nSPS) is 11.2. The monoisotopic (exact) mass is 363 g/mol. The van der Waals surface area contributed by atoms with E-state index in [4.69, 9.17) is 27.7 Å². The van der Waals surface area contributed by atoms with Crippen LogP contribution in [0.5, 0.6) is 0 Å². The van der Waals surface area contributed by atoms with E-state index in [1.165, 1.54) is 0 Å². The van der Waals surface area contributed by atoms with Crippen molar-refractivity contribution in [3.63, 3.8) is 0 Å². The fourth-order valence-electron chi connectivity index (χ4n) is 2.37. The van der Waals surface area contributed by atoms with Crippen LogP contribution in [0.3, 0.4) is 0 Å². The summed E-state index contributed by atoms with van der Waals surface area (Å²) in [4.78, 5) is 17.2. The van der Waals surface area contributed by atoms with E-state index < -0.39 is 0 Å². The molecule has 0 saturated heterocycles. The van der Waals surface area contributed by atoms with Crippen molar-refractivity contribution >= 4 is 45.9 Å². The number of fused-ring (bicyclic) bond motifs is 1. The third kappa shape index (κ3) is 3.09. The maximum atomic E-state index is 12.8. The van der Waals surface area contributed by atoms with E-state index in [2.05, 4.69) is 15.5 Å². The Bertz CT molecular complexity index is 935. The zero-order chi connectivity index (χ0) is 17.4. The van der Waals surface area contributed by atoms with Gasteiger partial charge in [-0.2, -0.15) is 0 Å². The molecule has 0 spiro atoms. The average Bonchev–Trinajstić information content (AvgIpc) is 2.90. The lowest BCUT2D eigenvalue weighted by Gasteiger charge is -2.10. The van der Waals surface area contributed by atoms with Crippen LogP contribution in [-0.4, -0.2) is 16.0 Å². The van der Waals surface area contributed by atoms with Gasteiger partial charge in [0.15, 0.2) is 0 Å². The first kappa shape index (κ1) is 16.7. The Hall–Kier alpha value is -2.11. The molecular weight excluding hydrogens is 349 g/mol. The Morgan fingerprint density at radius 2 is 2.00 bits per heavy atom. The number of anilines is 1. The van der Waals surface area contributed by atoms with E-state index in [9.17, 15) is 4.79 Å². The second-order valence-corrected chi connectivity index (χ2v) is 6.62. The topological polar surface area (TPSA) is 68.0 Å². The van der Waals surface area contributed by atoms with Gasteiger partial charge in [0.1, 0.15) is 0 Å². The molecule has 0 aliphatic heterocycles. The molecule has 0 aliphatic carbocycles. The van der Waals surface area contributed by atoms with Crippen LogP contribution in [0.15, 0.2) is 28.8 Å². The van der Waals surface area contributed by atoms with Crippen LogP contribution in [-0.2, 0) is 0 Å². The summed E-state index contributed by atoms with van der Waals surface area (Å²) in [6.07, 6.45) is 0. The van der Waals surface area contributed by atoms with Gasteiger partial charge in [-0.05, 0) is 37.1 Å². The van der Waals surface area contributed by atoms with Gasteiger partial charge in [0, 0.05) is 10.7 Å². The van der Waals surface area contributed by atoms with Crippen LogP contribution in [0.2, 0.25) is 10.0 Å². The number of rotatable bonds is 3. The van der Waals surface area contributed by atoms with Crippen molar-refractivity contribution in [3.05, 3.63) is 51.3 Å². The maximum Gasteiger partial charge on any atom is 0.259 e. The van der Waals surface area contributed by atoms with Crippen molar-refractivity contribution in [3.8, 4) is 0 Å². The van der Waals surface area contributed by atoms with Crippen molar-refractivity contribution in [1.82, 2.24) is 10.1 Å². The van der Waals surface area contributed by atoms with Crippen LogP contribution >= 0.6 is 23.2 Å². The number of nitrogens with one attached hydrogen (secondary N) is 1. The number of carbonyl (C=O) groups is 1. The minimum absolute atomic E-state index is 0.144. The summed E-state index contributed by atoms with van der Waals surface area (Å²) in [6.45, 7) is 5.76. The van der Waals surface area contributed by atoms with Crippen LogP contribution in [0.25, 0.3) is 11.1 Å². The smallest absolute Gasteiger partial charge is 0.259 e. The number of halogens is 2. The molecule has 0 aliphatic rings. The van der Waals surface area contributed by atoms with E-state index in [1.807, 2.05) is 13.8 Å². The number of amides is 1. The Morgan fingerprint density at radius 3 is 2.67 bits per heavy atom. The molecule has 0 radical (unpaired) electrons. The molecule has 0 unspecified atom stereocenters. The maximum absolute atomic E-state index is 12.8. The Balaban J connectivity index is 2.06. The number of aromatic nitrogens is 2. The number of hydrogen-bond donors (Lipinski definition) is 1. The second kappa shape index (κ2) is 6.42. The molecule has 1 amide bonds. The molecule has 3 aromatic rings. The highest BCUT2D eigenvalue weighted by atomic mass is 35.5. The standard InChI is InChI=1S/C17H15Cl2N3O2/c1-8(2)14-7-11(15-9(3)22-24-17(15)21-14)16(23)20-13-5-4-10(18)6-12(13)19/h4-8H,1-3H3,(H,20,23). The van der Waals surface area contributed by atoms with Crippen LogP contribution in [0.1, 0.15) is 41.5 Å². The van der Waals surface area contributed by atoms with E-state index >= 15 is 0 Å². The molecule has 1 N–H and O–H groups in total. The molecule has 1 aromatic carbocycles. The van der Waals surface area contributed by atoms with Crippen LogP contribution in [0, 0.1) is 6.92 Å². The molecule has 7 heteroatoms. The largest absolute Gasteiger partial charge is 0.336 e. The van der Waals surface area contributed by atoms with Gasteiger partial charge in [-0.25, -0.2) is 4.98 Å². The molecule has 0 fully saturated rings. The number of nitrogens with zero attached hydrogens (tertiary/aromatic N) is 2. The number of carbonyl (C=O) groups excluding carboxylic acids is 1. The lowest BCUT2D eigenvalue weighted by Crippen LogP contribution is -2.14. The van der Waals surface area contributed by atoms with Gasteiger partial charge >= 0.3 is 0 Å². The minimum atomic E-state index is -0.306. The zero-order valence-electron chi connectivity index (χ0n) is 13.4. The number of aryl methyl sites for hydroxylation is 1. The average molecular weight is 364 g/mol. The number of benzene rings is 1. The fraction of sp³-hybridized carbons (Fsp3) is 0.235. The first-order chi connectivity index (χ1) is 11.4. The van der Waals surface area contributed by atoms with Gasteiger partial charge in [-0.3, -0.25) is 4.79 Å². The number of pyridine rings is 1. The molecule has 0 saturated carbocycles. The summed E-state index contributed by atoms with van der Waals surface area (Å²) >= 11 is 12.0. The predicted molar refractivity (Wildman–Crippen MR) is 95.0 cm³/mol. The quantitative estimate of drug-likeness (QED) is 0.692. The molecule has 2 heterocycles. The van der Waals surface area contributed by atoms with Gasteiger partial charge in [0.05, 0.1) is 27.4 Å². The SMILES string of the molecule is Cc1noc2nc(C(C)C)cc(C(=O)Nc3ccc(Cl)cc3Cl)c12. The molecule has 0 bridgehead atoms. The van der Waals surface area contributed by atoms with E-state index in [-0.39, 0.29) is 11.8 Å². The van der Waals surface area contributed by atoms with Gasteiger partial charge in [-0.15, -0.1) is 0 Å². The summed E-state index contributed by atoms with van der Waals surface area (Å²) < 4.78 is 5.24. The van der Waals surface area contributed by atoms with E-state index in [0.29, 0.717) is 38.1 Å².